The predicted molar refractivity (Wildman–Crippen MR) is 90.0 cm³/mol. The van der Waals surface area contributed by atoms with Gasteiger partial charge in [0.2, 0.25) is 5.91 Å². The largest absolute Gasteiger partial charge is 0.350 e. The van der Waals surface area contributed by atoms with E-state index in [0.29, 0.717) is 12.6 Å². The molecule has 7 heteroatoms. The Hall–Kier alpha value is -1.73. The van der Waals surface area contributed by atoms with E-state index in [4.69, 9.17) is 0 Å². The SMILES string of the molecule is C[C@H](C(=O)NCc1cccs1)N1CCCC[C@@H]1Cn1cncn1. The maximum Gasteiger partial charge on any atom is 0.237 e. The number of carbonyl (C=O) groups is 1. The second kappa shape index (κ2) is 7.70. The number of likely N-dealkylation sites (tertiary alicyclic amines) is 1. The summed E-state index contributed by atoms with van der Waals surface area (Å²) >= 11 is 1.67. The zero-order valence-corrected chi connectivity index (χ0v) is 14.2. The third kappa shape index (κ3) is 4.17. The van der Waals surface area contributed by atoms with Gasteiger partial charge in [0.05, 0.1) is 19.1 Å². The highest BCUT2D eigenvalue weighted by molar-refractivity contribution is 7.09. The molecule has 2 aromatic heterocycles. The van der Waals surface area contributed by atoms with Gasteiger partial charge in [0.25, 0.3) is 0 Å². The minimum atomic E-state index is -0.121. The van der Waals surface area contributed by atoms with Crippen LogP contribution in [0.3, 0.4) is 0 Å². The lowest BCUT2D eigenvalue weighted by molar-refractivity contribution is -0.127. The molecule has 0 aliphatic carbocycles. The Bertz CT molecular complexity index is 598. The number of piperidine rings is 1. The lowest BCUT2D eigenvalue weighted by atomic mass is 9.99. The molecule has 6 nitrogen and oxygen atoms in total. The Labute approximate surface area is 140 Å². The predicted octanol–water partition coefficient (Wildman–Crippen LogP) is 1.90. The molecule has 1 aliphatic heterocycles. The molecule has 0 aromatic carbocycles. The van der Waals surface area contributed by atoms with E-state index in [1.54, 1.807) is 24.0 Å². The molecule has 0 unspecified atom stereocenters. The van der Waals surface area contributed by atoms with Crippen molar-refractivity contribution in [1.29, 1.82) is 0 Å². The summed E-state index contributed by atoms with van der Waals surface area (Å²) in [7, 11) is 0. The normalized spacial score (nSPS) is 20.3. The Morgan fingerprint density at radius 1 is 1.52 bits per heavy atom. The lowest BCUT2D eigenvalue weighted by Crippen LogP contribution is -2.52. The summed E-state index contributed by atoms with van der Waals surface area (Å²) < 4.78 is 1.86. The maximum atomic E-state index is 12.5. The lowest BCUT2D eigenvalue weighted by Gasteiger charge is -2.39. The van der Waals surface area contributed by atoms with E-state index in [1.807, 2.05) is 29.1 Å². The van der Waals surface area contributed by atoms with Crippen molar-refractivity contribution in [3.63, 3.8) is 0 Å². The molecule has 23 heavy (non-hydrogen) atoms. The van der Waals surface area contributed by atoms with E-state index in [2.05, 4.69) is 20.3 Å². The van der Waals surface area contributed by atoms with Gasteiger partial charge in [0, 0.05) is 10.9 Å². The summed E-state index contributed by atoms with van der Waals surface area (Å²) in [6.07, 6.45) is 6.76. The fraction of sp³-hybridized carbons (Fsp3) is 0.562. The van der Waals surface area contributed by atoms with Gasteiger partial charge in [-0.05, 0) is 37.8 Å². The van der Waals surface area contributed by atoms with Crippen molar-refractivity contribution >= 4 is 17.2 Å². The van der Waals surface area contributed by atoms with Crippen LogP contribution in [0.1, 0.15) is 31.1 Å². The van der Waals surface area contributed by atoms with Crippen molar-refractivity contribution in [2.45, 2.75) is 51.4 Å². The molecule has 0 spiro atoms. The van der Waals surface area contributed by atoms with E-state index in [9.17, 15) is 4.79 Å². The molecule has 1 N–H and O–H groups in total. The van der Waals surface area contributed by atoms with Crippen molar-refractivity contribution in [3.8, 4) is 0 Å². The van der Waals surface area contributed by atoms with Crippen LogP contribution < -0.4 is 5.32 Å². The zero-order valence-electron chi connectivity index (χ0n) is 13.4. The van der Waals surface area contributed by atoms with Gasteiger partial charge in [-0.15, -0.1) is 11.3 Å². The molecule has 3 rings (SSSR count). The highest BCUT2D eigenvalue weighted by Gasteiger charge is 2.30. The van der Waals surface area contributed by atoms with Gasteiger partial charge < -0.3 is 5.32 Å². The number of carbonyl (C=O) groups excluding carboxylic acids is 1. The van der Waals surface area contributed by atoms with Crippen LogP contribution in [0.4, 0.5) is 0 Å². The third-order valence-corrected chi connectivity index (χ3v) is 5.31. The summed E-state index contributed by atoms with van der Waals surface area (Å²) in [5.74, 6) is 0.101. The third-order valence-electron chi connectivity index (χ3n) is 4.43. The van der Waals surface area contributed by atoms with Gasteiger partial charge in [-0.3, -0.25) is 14.4 Å². The van der Waals surface area contributed by atoms with Gasteiger partial charge in [-0.1, -0.05) is 12.5 Å². The first-order chi connectivity index (χ1) is 11.2. The number of nitrogens with zero attached hydrogens (tertiary/aromatic N) is 4. The highest BCUT2D eigenvalue weighted by Crippen LogP contribution is 2.21. The van der Waals surface area contributed by atoms with Gasteiger partial charge in [-0.25, -0.2) is 4.98 Å². The smallest absolute Gasteiger partial charge is 0.237 e. The molecule has 124 valence electrons. The van der Waals surface area contributed by atoms with Crippen LogP contribution in [-0.4, -0.2) is 44.2 Å². The fourth-order valence-corrected chi connectivity index (χ4v) is 3.80. The summed E-state index contributed by atoms with van der Waals surface area (Å²) in [5, 5.41) is 9.29. The van der Waals surface area contributed by atoms with Crippen LogP contribution in [0.25, 0.3) is 0 Å². The minimum absolute atomic E-state index is 0.101. The summed E-state index contributed by atoms with van der Waals surface area (Å²) in [6.45, 7) is 4.38. The molecule has 0 radical (unpaired) electrons. The average molecular weight is 333 g/mol. The first-order valence-corrected chi connectivity index (χ1v) is 9.00. The van der Waals surface area contributed by atoms with Gasteiger partial charge in [-0.2, -0.15) is 5.10 Å². The summed E-state index contributed by atoms with van der Waals surface area (Å²) in [6, 6.07) is 4.27. The van der Waals surface area contributed by atoms with Gasteiger partial charge >= 0.3 is 0 Å². The first kappa shape index (κ1) is 16.1. The van der Waals surface area contributed by atoms with E-state index < -0.39 is 0 Å². The van der Waals surface area contributed by atoms with Crippen molar-refractivity contribution < 1.29 is 4.79 Å². The molecule has 3 heterocycles. The molecule has 0 bridgehead atoms. The number of amides is 1. The first-order valence-electron chi connectivity index (χ1n) is 8.12. The second-order valence-corrected chi connectivity index (χ2v) is 7.01. The number of rotatable bonds is 6. The molecular formula is C16H23N5OS. The topological polar surface area (TPSA) is 63.1 Å². The van der Waals surface area contributed by atoms with Crippen LogP contribution in [0.2, 0.25) is 0 Å². The zero-order chi connectivity index (χ0) is 16.1. The molecule has 2 atom stereocenters. The molecule has 1 aliphatic rings. The van der Waals surface area contributed by atoms with Crippen LogP contribution in [0.15, 0.2) is 30.2 Å². The molecule has 1 amide bonds. The van der Waals surface area contributed by atoms with Crippen molar-refractivity contribution in [2.75, 3.05) is 6.54 Å². The van der Waals surface area contributed by atoms with Crippen LogP contribution >= 0.6 is 11.3 Å². The van der Waals surface area contributed by atoms with Crippen molar-refractivity contribution in [1.82, 2.24) is 25.0 Å². The van der Waals surface area contributed by atoms with E-state index in [-0.39, 0.29) is 11.9 Å². The molecular weight excluding hydrogens is 310 g/mol. The average Bonchev–Trinajstić information content (AvgIpc) is 3.26. The van der Waals surface area contributed by atoms with Gasteiger partial charge in [0.1, 0.15) is 12.7 Å². The number of thiophene rings is 1. The van der Waals surface area contributed by atoms with Crippen molar-refractivity contribution in [2.24, 2.45) is 0 Å². The van der Waals surface area contributed by atoms with Crippen LogP contribution in [0, 0.1) is 0 Å². The quantitative estimate of drug-likeness (QED) is 0.877. The van der Waals surface area contributed by atoms with Gasteiger partial charge in [0.15, 0.2) is 0 Å². The van der Waals surface area contributed by atoms with E-state index >= 15 is 0 Å². The summed E-state index contributed by atoms with van der Waals surface area (Å²) in [5.41, 5.74) is 0. The molecule has 2 aromatic rings. The Balaban J connectivity index is 1.58. The number of hydrogen-bond acceptors (Lipinski definition) is 5. The highest BCUT2D eigenvalue weighted by atomic mass is 32.1. The van der Waals surface area contributed by atoms with Crippen LogP contribution in [0.5, 0.6) is 0 Å². The number of aromatic nitrogens is 3. The Kier molecular flexibility index (Phi) is 5.40. The van der Waals surface area contributed by atoms with Crippen molar-refractivity contribution in [3.05, 3.63) is 35.0 Å². The monoisotopic (exact) mass is 333 g/mol. The Morgan fingerprint density at radius 2 is 2.43 bits per heavy atom. The standard InChI is InChI=1S/C16H23N5OS/c1-13(16(22)18-9-15-6-4-8-23-15)21-7-3-2-5-14(21)10-20-12-17-11-19-20/h4,6,8,11-14H,2-3,5,7,9-10H2,1H3,(H,18,22)/t13-,14-/m1/s1. The van der Waals surface area contributed by atoms with E-state index in [0.717, 1.165) is 25.9 Å². The second-order valence-electron chi connectivity index (χ2n) is 5.98. The minimum Gasteiger partial charge on any atom is -0.350 e. The fourth-order valence-electron chi connectivity index (χ4n) is 3.16. The Morgan fingerprint density at radius 3 is 3.17 bits per heavy atom. The molecule has 1 fully saturated rings. The molecule has 1 saturated heterocycles. The number of nitrogens with one attached hydrogen (secondary N) is 1. The van der Waals surface area contributed by atoms with Crippen LogP contribution in [-0.2, 0) is 17.9 Å². The summed E-state index contributed by atoms with van der Waals surface area (Å²) in [4.78, 5) is 20.0. The maximum absolute atomic E-state index is 12.5. The van der Waals surface area contributed by atoms with E-state index in [1.165, 1.54) is 11.3 Å². The molecule has 0 saturated carbocycles. The number of hydrogen-bond donors (Lipinski definition) is 1.